The molecule has 0 spiro atoms. The van der Waals surface area contributed by atoms with Crippen LogP contribution < -0.4 is 5.73 Å². The molecule has 5 nitrogen and oxygen atoms in total. The Kier molecular flexibility index (Phi) is 5.00. The standard InChI is InChI=1S/C12H15NO4/c1-9(14)16-7-11(8-17-12(13)15)10-5-3-2-4-6-10/h2-6,11H,7-8H2,1H3,(H2,13,15). The lowest BCUT2D eigenvalue weighted by atomic mass is 10.0. The van der Waals surface area contributed by atoms with Crippen LogP contribution in [-0.2, 0) is 14.3 Å². The van der Waals surface area contributed by atoms with Gasteiger partial charge in [-0.25, -0.2) is 4.79 Å². The molecular weight excluding hydrogens is 222 g/mol. The fraction of sp³-hybridized carbons (Fsp3) is 0.333. The summed E-state index contributed by atoms with van der Waals surface area (Å²) in [5.74, 6) is -0.572. The molecule has 1 rings (SSSR count). The van der Waals surface area contributed by atoms with E-state index in [2.05, 4.69) is 0 Å². The van der Waals surface area contributed by atoms with Gasteiger partial charge in [-0.2, -0.15) is 0 Å². The van der Waals surface area contributed by atoms with Crippen LogP contribution >= 0.6 is 0 Å². The van der Waals surface area contributed by atoms with Crippen molar-refractivity contribution in [2.24, 2.45) is 5.73 Å². The summed E-state index contributed by atoms with van der Waals surface area (Å²) >= 11 is 0. The fourth-order valence-corrected chi connectivity index (χ4v) is 1.37. The predicted octanol–water partition coefficient (Wildman–Crippen LogP) is 1.43. The van der Waals surface area contributed by atoms with Gasteiger partial charge in [0.1, 0.15) is 13.2 Å². The van der Waals surface area contributed by atoms with Gasteiger partial charge in [0.25, 0.3) is 0 Å². The highest BCUT2D eigenvalue weighted by molar-refractivity contribution is 5.66. The van der Waals surface area contributed by atoms with Gasteiger partial charge in [-0.1, -0.05) is 30.3 Å². The average molecular weight is 237 g/mol. The van der Waals surface area contributed by atoms with E-state index in [9.17, 15) is 9.59 Å². The van der Waals surface area contributed by atoms with Crippen LogP contribution in [0.3, 0.4) is 0 Å². The van der Waals surface area contributed by atoms with E-state index >= 15 is 0 Å². The second kappa shape index (κ2) is 6.52. The Bertz CT molecular complexity index is 359. The first-order chi connectivity index (χ1) is 8.09. The van der Waals surface area contributed by atoms with Gasteiger partial charge < -0.3 is 15.2 Å². The molecule has 1 unspecified atom stereocenters. The molecule has 1 aromatic carbocycles. The molecule has 92 valence electrons. The lowest BCUT2D eigenvalue weighted by Crippen LogP contribution is -2.21. The molecule has 0 aromatic heterocycles. The van der Waals surface area contributed by atoms with Gasteiger partial charge in [0.2, 0.25) is 0 Å². The van der Waals surface area contributed by atoms with Gasteiger partial charge in [-0.15, -0.1) is 0 Å². The van der Waals surface area contributed by atoms with Crippen molar-refractivity contribution < 1.29 is 19.1 Å². The van der Waals surface area contributed by atoms with Crippen LogP contribution in [0.5, 0.6) is 0 Å². The molecule has 0 aliphatic heterocycles. The summed E-state index contributed by atoms with van der Waals surface area (Å²) in [7, 11) is 0. The van der Waals surface area contributed by atoms with Crippen LogP contribution in [0.1, 0.15) is 18.4 Å². The van der Waals surface area contributed by atoms with E-state index in [0.717, 1.165) is 5.56 Å². The van der Waals surface area contributed by atoms with Crippen LogP contribution in [0, 0.1) is 0 Å². The SMILES string of the molecule is CC(=O)OCC(COC(N)=O)c1ccccc1. The van der Waals surface area contributed by atoms with Crippen LogP contribution in [0.4, 0.5) is 4.79 Å². The summed E-state index contributed by atoms with van der Waals surface area (Å²) in [5, 5.41) is 0. The Morgan fingerprint density at radius 1 is 1.18 bits per heavy atom. The molecule has 2 N–H and O–H groups in total. The monoisotopic (exact) mass is 237 g/mol. The minimum atomic E-state index is -0.839. The second-order valence-electron chi connectivity index (χ2n) is 3.54. The number of benzene rings is 1. The van der Waals surface area contributed by atoms with E-state index in [1.165, 1.54) is 6.92 Å². The summed E-state index contributed by atoms with van der Waals surface area (Å²) < 4.78 is 9.66. The molecule has 0 aliphatic rings. The van der Waals surface area contributed by atoms with E-state index in [1.807, 2.05) is 30.3 Å². The maximum absolute atomic E-state index is 10.8. The van der Waals surface area contributed by atoms with Crippen molar-refractivity contribution in [1.82, 2.24) is 0 Å². The highest BCUT2D eigenvalue weighted by Gasteiger charge is 2.14. The summed E-state index contributed by atoms with van der Waals surface area (Å²) in [5.41, 5.74) is 5.83. The Balaban J connectivity index is 2.64. The number of hydrogen-bond acceptors (Lipinski definition) is 4. The number of ether oxygens (including phenoxy) is 2. The van der Waals surface area contributed by atoms with E-state index in [-0.39, 0.29) is 25.1 Å². The molecule has 0 saturated heterocycles. The first-order valence-corrected chi connectivity index (χ1v) is 5.20. The van der Waals surface area contributed by atoms with E-state index < -0.39 is 6.09 Å². The molecule has 0 fully saturated rings. The summed E-state index contributed by atoms with van der Waals surface area (Å²) in [4.78, 5) is 21.3. The first-order valence-electron chi connectivity index (χ1n) is 5.20. The number of esters is 1. The third-order valence-electron chi connectivity index (χ3n) is 2.19. The Labute approximate surface area is 99.5 Å². The molecular formula is C12H15NO4. The second-order valence-corrected chi connectivity index (χ2v) is 3.54. The van der Waals surface area contributed by atoms with E-state index in [4.69, 9.17) is 15.2 Å². The summed E-state index contributed by atoms with van der Waals surface area (Å²) in [6.07, 6.45) is -0.839. The van der Waals surface area contributed by atoms with Gasteiger partial charge in [-0.05, 0) is 5.56 Å². The number of rotatable bonds is 5. The number of amides is 1. The van der Waals surface area contributed by atoms with Crippen molar-refractivity contribution in [3.05, 3.63) is 35.9 Å². The molecule has 1 amide bonds. The number of carbonyl (C=O) groups is 2. The van der Waals surface area contributed by atoms with Crippen molar-refractivity contribution in [2.45, 2.75) is 12.8 Å². The third-order valence-corrected chi connectivity index (χ3v) is 2.19. The number of hydrogen-bond donors (Lipinski definition) is 1. The van der Waals surface area contributed by atoms with Crippen molar-refractivity contribution in [3.63, 3.8) is 0 Å². The predicted molar refractivity (Wildman–Crippen MR) is 61.4 cm³/mol. The lowest BCUT2D eigenvalue weighted by molar-refractivity contribution is -0.141. The minimum absolute atomic E-state index is 0.0899. The largest absolute Gasteiger partial charge is 0.465 e. The van der Waals surface area contributed by atoms with Crippen LogP contribution in [0.25, 0.3) is 0 Å². The number of nitrogens with two attached hydrogens (primary N) is 1. The topological polar surface area (TPSA) is 78.6 Å². The normalized spacial score (nSPS) is 11.6. The smallest absolute Gasteiger partial charge is 0.404 e. The van der Waals surface area contributed by atoms with Gasteiger partial charge in [0.15, 0.2) is 0 Å². The van der Waals surface area contributed by atoms with Crippen molar-refractivity contribution in [2.75, 3.05) is 13.2 Å². The van der Waals surface area contributed by atoms with Crippen LogP contribution in [-0.4, -0.2) is 25.3 Å². The maximum Gasteiger partial charge on any atom is 0.404 e. The Morgan fingerprint density at radius 2 is 1.76 bits per heavy atom. The van der Waals surface area contributed by atoms with Crippen molar-refractivity contribution in [3.8, 4) is 0 Å². The molecule has 0 saturated carbocycles. The highest BCUT2D eigenvalue weighted by Crippen LogP contribution is 2.16. The number of primary amides is 1. The molecule has 0 heterocycles. The molecule has 5 heteroatoms. The molecule has 17 heavy (non-hydrogen) atoms. The van der Waals surface area contributed by atoms with Crippen LogP contribution in [0.2, 0.25) is 0 Å². The van der Waals surface area contributed by atoms with E-state index in [0.29, 0.717) is 0 Å². The molecule has 1 atom stereocenters. The molecule has 0 aliphatic carbocycles. The third kappa shape index (κ3) is 5.01. The van der Waals surface area contributed by atoms with Gasteiger partial charge in [-0.3, -0.25) is 4.79 Å². The molecule has 1 aromatic rings. The van der Waals surface area contributed by atoms with Gasteiger partial charge in [0.05, 0.1) is 5.92 Å². The summed E-state index contributed by atoms with van der Waals surface area (Å²) in [6, 6.07) is 9.35. The minimum Gasteiger partial charge on any atom is -0.465 e. The maximum atomic E-state index is 10.8. The zero-order valence-corrected chi connectivity index (χ0v) is 9.59. The fourth-order valence-electron chi connectivity index (χ4n) is 1.37. The zero-order chi connectivity index (χ0) is 12.7. The Morgan fingerprint density at radius 3 is 2.29 bits per heavy atom. The molecule has 0 bridgehead atoms. The van der Waals surface area contributed by atoms with Crippen molar-refractivity contribution >= 4 is 12.1 Å². The van der Waals surface area contributed by atoms with Gasteiger partial charge in [0, 0.05) is 6.92 Å². The lowest BCUT2D eigenvalue weighted by Gasteiger charge is -2.16. The molecule has 0 radical (unpaired) electrons. The Hall–Kier alpha value is -2.04. The first kappa shape index (κ1) is 13.0. The van der Waals surface area contributed by atoms with E-state index in [1.54, 1.807) is 0 Å². The average Bonchev–Trinajstić information content (AvgIpc) is 2.29. The van der Waals surface area contributed by atoms with Gasteiger partial charge >= 0.3 is 12.1 Å². The highest BCUT2D eigenvalue weighted by atomic mass is 16.6. The summed E-state index contributed by atoms with van der Waals surface area (Å²) in [6.45, 7) is 1.58. The number of carbonyl (C=O) groups excluding carboxylic acids is 2. The zero-order valence-electron chi connectivity index (χ0n) is 9.59. The van der Waals surface area contributed by atoms with Crippen LogP contribution in [0.15, 0.2) is 30.3 Å². The quantitative estimate of drug-likeness (QED) is 0.786. The van der Waals surface area contributed by atoms with Crippen molar-refractivity contribution in [1.29, 1.82) is 0 Å².